The zero-order valence-corrected chi connectivity index (χ0v) is 13.7. The fourth-order valence-corrected chi connectivity index (χ4v) is 3.26. The molecule has 1 aliphatic rings. The molecule has 1 heterocycles. The smallest absolute Gasteiger partial charge is 0.267 e. The number of rotatable bonds is 4. The first-order valence-electron chi connectivity index (χ1n) is 7.42. The molecule has 24 heavy (non-hydrogen) atoms. The summed E-state index contributed by atoms with van der Waals surface area (Å²) >= 11 is 1.32. The zero-order chi connectivity index (χ0) is 16.9. The number of amides is 1. The van der Waals surface area contributed by atoms with Crippen molar-refractivity contribution in [1.82, 2.24) is 4.90 Å². The Kier molecular flexibility index (Phi) is 4.82. The van der Waals surface area contributed by atoms with Crippen LogP contribution in [0.5, 0.6) is 5.75 Å². The van der Waals surface area contributed by atoms with Gasteiger partial charge in [-0.05, 0) is 35.5 Å². The number of aromatic hydroxyl groups is 1. The third-order valence-electron chi connectivity index (χ3n) is 3.35. The molecule has 0 unspecified atom stereocenters. The fraction of sp³-hybridized carbons (Fsp3) is 0.0526. The lowest BCUT2D eigenvalue weighted by Gasteiger charge is -2.12. The molecule has 0 aliphatic carbocycles. The minimum Gasteiger partial charge on any atom is -0.508 e. The van der Waals surface area contributed by atoms with Gasteiger partial charge in [-0.3, -0.25) is 9.69 Å². The molecule has 2 aromatic rings. The van der Waals surface area contributed by atoms with E-state index in [1.807, 2.05) is 36.4 Å². The SMILES string of the molecule is C=CCN1C(=O)/C(=C/c2ccccc2)SC1=Nc1cccc(O)c1. The maximum absolute atomic E-state index is 12.6. The van der Waals surface area contributed by atoms with Gasteiger partial charge in [-0.1, -0.05) is 42.5 Å². The molecular formula is C19H16N2O2S. The van der Waals surface area contributed by atoms with E-state index < -0.39 is 0 Å². The Labute approximate surface area is 144 Å². The van der Waals surface area contributed by atoms with Crippen molar-refractivity contribution in [3.8, 4) is 5.75 Å². The molecule has 1 aliphatic heterocycles. The van der Waals surface area contributed by atoms with Gasteiger partial charge in [-0.25, -0.2) is 4.99 Å². The lowest BCUT2D eigenvalue weighted by molar-refractivity contribution is -0.121. The normalized spacial score (nSPS) is 17.7. The van der Waals surface area contributed by atoms with Crippen molar-refractivity contribution in [1.29, 1.82) is 0 Å². The molecule has 0 saturated carbocycles. The van der Waals surface area contributed by atoms with E-state index in [0.29, 0.717) is 22.3 Å². The quantitative estimate of drug-likeness (QED) is 0.673. The third kappa shape index (κ3) is 3.58. The van der Waals surface area contributed by atoms with E-state index in [-0.39, 0.29) is 11.7 Å². The molecule has 1 saturated heterocycles. The van der Waals surface area contributed by atoms with Gasteiger partial charge in [-0.15, -0.1) is 6.58 Å². The summed E-state index contributed by atoms with van der Waals surface area (Å²) in [5, 5.41) is 10.1. The molecule has 1 amide bonds. The number of hydrogen-bond donors (Lipinski definition) is 1. The summed E-state index contributed by atoms with van der Waals surface area (Å²) in [6.45, 7) is 4.09. The maximum Gasteiger partial charge on any atom is 0.267 e. The Morgan fingerprint density at radius 2 is 1.96 bits per heavy atom. The Morgan fingerprint density at radius 3 is 2.67 bits per heavy atom. The van der Waals surface area contributed by atoms with Crippen molar-refractivity contribution < 1.29 is 9.90 Å². The second-order valence-corrected chi connectivity index (χ2v) is 6.15. The largest absolute Gasteiger partial charge is 0.508 e. The number of carbonyl (C=O) groups is 1. The van der Waals surface area contributed by atoms with E-state index in [4.69, 9.17) is 0 Å². The molecule has 0 atom stereocenters. The van der Waals surface area contributed by atoms with Crippen molar-refractivity contribution in [2.24, 2.45) is 4.99 Å². The first-order valence-corrected chi connectivity index (χ1v) is 8.24. The average molecular weight is 336 g/mol. The summed E-state index contributed by atoms with van der Waals surface area (Å²) in [6.07, 6.45) is 3.52. The number of amidine groups is 1. The average Bonchev–Trinajstić information content (AvgIpc) is 2.85. The Morgan fingerprint density at radius 1 is 1.17 bits per heavy atom. The van der Waals surface area contributed by atoms with Gasteiger partial charge in [-0.2, -0.15) is 0 Å². The van der Waals surface area contributed by atoms with Gasteiger partial charge in [0.05, 0.1) is 10.6 Å². The molecule has 120 valence electrons. The first kappa shape index (κ1) is 16.1. The van der Waals surface area contributed by atoms with E-state index in [0.717, 1.165) is 5.56 Å². The van der Waals surface area contributed by atoms with Gasteiger partial charge in [0.25, 0.3) is 5.91 Å². The summed E-state index contributed by atoms with van der Waals surface area (Å²) in [6, 6.07) is 16.3. The number of benzene rings is 2. The van der Waals surface area contributed by atoms with Crippen LogP contribution < -0.4 is 0 Å². The summed E-state index contributed by atoms with van der Waals surface area (Å²) in [5.41, 5.74) is 1.56. The fourth-order valence-electron chi connectivity index (χ4n) is 2.26. The minimum absolute atomic E-state index is 0.0948. The molecule has 1 fully saturated rings. The molecule has 3 rings (SSSR count). The van der Waals surface area contributed by atoms with Gasteiger partial charge in [0.15, 0.2) is 5.17 Å². The van der Waals surface area contributed by atoms with Crippen LogP contribution in [0.15, 0.2) is 77.1 Å². The third-order valence-corrected chi connectivity index (χ3v) is 4.36. The summed E-state index contributed by atoms with van der Waals surface area (Å²) in [5.74, 6) is 0.0455. The predicted molar refractivity (Wildman–Crippen MR) is 99.1 cm³/mol. The Balaban J connectivity index is 1.95. The van der Waals surface area contributed by atoms with Gasteiger partial charge in [0, 0.05) is 12.6 Å². The van der Waals surface area contributed by atoms with Crippen molar-refractivity contribution in [3.63, 3.8) is 0 Å². The van der Waals surface area contributed by atoms with Crippen LogP contribution in [0.1, 0.15) is 5.56 Å². The van der Waals surface area contributed by atoms with Crippen LogP contribution in [0, 0.1) is 0 Å². The molecular weight excluding hydrogens is 320 g/mol. The van der Waals surface area contributed by atoms with Gasteiger partial charge in [0.1, 0.15) is 5.75 Å². The molecule has 0 aromatic heterocycles. The minimum atomic E-state index is -0.0948. The van der Waals surface area contributed by atoms with Crippen LogP contribution in [-0.4, -0.2) is 27.6 Å². The van der Waals surface area contributed by atoms with Crippen molar-refractivity contribution in [2.45, 2.75) is 0 Å². The van der Waals surface area contributed by atoms with Gasteiger partial charge < -0.3 is 5.11 Å². The zero-order valence-electron chi connectivity index (χ0n) is 12.9. The highest BCUT2D eigenvalue weighted by atomic mass is 32.2. The van der Waals surface area contributed by atoms with Crippen LogP contribution in [0.4, 0.5) is 5.69 Å². The molecule has 1 N–H and O–H groups in total. The number of thioether (sulfide) groups is 1. The van der Waals surface area contributed by atoms with Crippen LogP contribution in [0.3, 0.4) is 0 Å². The Bertz CT molecular complexity index is 828. The van der Waals surface area contributed by atoms with Crippen LogP contribution in [-0.2, 0) is 4.79 Å². The number of carbonyl (C=O) groups excluding carboxylic acids is 1. The number of hydrogen-bond acceptors (Lipinski definition) is 4. The highest BCUT2D eigenvalue weighted by Crippen LogP contribution is 2.34. The summed E-state index contributed by atoms with van der Waals surface area (Å²) in [4.78, 5) is 19.3. The standard InChI is InChI=1S/C19H16N2O2S/c1-2-11-21-18(23)17(12-14-7-4-3-5-8-14)24-19(21)20-15-9-6-10-16(22)13-15/h2-10,12-13,22H,1,11H2/b17-12-,20-19?. The highest BCUT2D eigenvalue weighted by molar-refractivity contribution is 8.18. The van der Waals surface area contributed by atoms with Crippen LogP contribution >= 0.6 is 11.8 Å². The summed E-state index contributed by atoms with van der Waals surface area (Å²) < 4.78 is 0. The topological polar surface area (TPSA) is 52.9 Å². The van der Waals surface area contributed by atoms with Gasteiger partial charge in [0.2, 0.25) is 0 Å². The van der Waals surface area contributed by atoms with E-state index in [1.54, 1.807) is 35.2 Å². The summed E-state index contributed by atoms with van der Waals surface area (Å²) in [7, 11) is 0. The van der Waals surface area contributed by atoms with E-state index in [1.165, 1.54) is 11.8 Å². The van der Waals surface area contributed by atoms with E-state index in [9.17, 15) is 9.90 Å². The lowest BCUT2D eigenvalue weighted by atomic mass is 10.2. The van der Waals surface area contributed by atoms with Gasteiger partial charge >= 0.3 is 0 Å². The molecule has 2 aromatic carbocycles. The van der Waals surface area contributed by atoms with Crippen molar-refractivity contribution in [2.75, 3.05) is 6.54 Å². The van der Waals surface area contributed by atoms with E-state index >= 15 is 0 Å². The second kappa shape index (κ2) is 7.19. The maximum atomic E-state index is 12.6. The highest BCUT2D eigenvalue weighted by Gasteiger charge is 2.32. The number of nitrogens with zero attached hydrogens (tertiary/aromatic N) is 2. The molecule has 5 heteroatoms. The second-order valence-electron chi connectivity index (χ2n) is 5.14. The van der Waals surface area contributed by atoms with Crippen LogP contribution in [0.25, 0.3) is 6.08 Å². The molecule has 0 radical (unpaired) electrons. The first-order chi connectivity index (χ1) is 11.7. The van der Waals surface area contributed by atoms with E-state index in [2.05, 4.69) is 11.6 Å². The Hall–Kier alpha value is -2.79. The molecule has 0 spiro atoms. The van der Waals surface area contributed by atoms with Crippen LogP contribution in [0.2, 0.25) is 0 Å². The number of aliphatic imine (C=N–C) groups is 1. The predicted octanol–water partition coefficient (Wildman–Crippen LogP) is 4.18. The molecule has 0 bridgehead atoms. The number of phenols is 1. The monoisotopic (exact) mass is 336 g/mol. The lowest BCUT2D eigenvalue weighted by Crippen LogP contribution is -2.29. The van der Waals surface area contributed by atoms with Crippen molar-refractivity contribution >= 4 is 34.6 Å². The molecule has 4 nitrogen and oxygen atoms in total. The van der Waals surface area contributed by atoms with Crippen molar-refractivity contribution in [3.05, 3.63) is 77.7 Å². The number of phenolic OH excluding ortho intramolecular Hbond substituents is 1.